The summed E-state index contributed by atoms with van der Waals surface area (Å²) in [4.78, 5) is 0. The van der Waals surface area contributed by atoms with Crippen LogP contribution in [0.4, 0.5) is 0 Å². The molecule has 2 N–H and O–H groups in total. The van der Waals surface area contributed by atoms with Crippen LogP contribution in [0.25, 0.3) is 0 Å². The zero-order valence-corrected chi connectivity index (χ0v) is 31.6. The van der Waals surface area contributed by atoms with E-state index in [9.17, 15) is 10.2 Å². The van der Waals surface area contributed by atoms with Gasteiger partial charge in [0.25, 0.3) is 0 Å². The fourth-order valence-electron chi connectivity index (χ4n) is 9.98. The van der Waals surface area contributed by atoms with Gasteiger partial charge in [-0.2, -0.15) is 0 Å². The van der Waals surface area contributed by atoms with Crippen LogP contribution in [0.1, 0.15) is 76.8 Å². The monoisotopic (exact) mass is 724 g/mol. The second-order valence-corrected chi connectivity index (χ2v) is 15.6. The van der Waals surface area contributed by atoms with Gasteiger partial charge in [-0.25, -0.2) is 0 Å². The summed E-state index contributed by atoms with van der Waals surface area (Å²) < 4.78 is 0. The molecule has 56 heavy (non-hydrogen) atoms. The van der Waals surface area contributed by atoms with Crippen LogP contribution in [0.15, 0.2) is 192 Å². The minimum Gasteiger partial charge on any atom is -0.508 e. The zero-order chi connectivity index (χ0) is 38.3. The molecule has 0 radical (unpaired) electrons. The van der Waals surface area contributed by atoms with Crippen molar-refractivity contribution in [3.63, 3.8) is 0 Å². The van der Waals surface area contributed by atoms with Crippen LogP contribution in [0.2, 0.25) is 0 Å². The van der Waals surface area contributed by atoms with E-state index in [2.05, 4.69) is 128 Å². The van der Waals surface area contributed by atoms with Crippen molar-refractivity contribution in [2.45, 2.75) is 43.4 Å². The summed E-state index contributed by atoms with van der Waals surface area (Å²) in [6, 6.07) is 32.4. The average Bonchev–Trinajstić information content (AvgIpc) is 3.23. The molecule has 0 aromatic heterocycles. The maximum absolute atomic E-state index is 10.2. The van der Waals surface area contributed by atoms with Gasteiger partial charge in [0.15, 0.2) is 0 Å². The number of allylic oxidation sites excluding steroid dienone is 14. The Morgan fingerprint density at radius 1 is 0.500 bits per heavy atom. The van der Waals surface area contributed by atoms with Crippen molar-refractivity contribution >= 4 is 0 Å². The Hall–Kier alpha value is -6.48. The first kappa shape index (κ1) is 35.2. The smallest absolute Gasteiger partial charge is 0.115 e. The molecule has 5 aliphatic rings. The van der Waals surface area contributed by atoms with Crippen LogP contribution in [0, 0.1) is 41.4 Å². The van der Waals surface area contributed by atoms with Gasteiger partial charge >= 0.3 is 0 Å². The molecule has 0 amide bonds. The summed E-state index contributed by atoms with van der Waals surface area (Å²) in [6.07, 6.45) is 19.3. The number of fused-ring (bicyclic) bond motifs is 9. The van der Waals surface area contributed by atoms with Gasteiger partial charge in [0.05, 0.1) is 0 Å². The Kier molecular flexibility index (Phi) is 9.21. The first-order chi connectivity index (χ1) is 27.4. The standard InChI is InChI=1S/C54H44O2/c1-34-14-6-4-8-18-44-42-17-11-13-21-45(42)51(44)54-48(33-27-38-24-30-40(56)31-25-38)53-49-35(2)15-7-5-9-19-46(41-16-10-12-20-43(41)49)52(53)47(50(54)36(34)3)32-26-37-22-28-39(55)29-23-37/h4-17,20-25,28-31,36,44,46,49,51-53,55-56H,1-2,18-19H2,3H3/b8-4-,9-5-,14-6-,15-7-. The number of hydrogen-bond donors (Lipinski definition) is 2. The molecule has 9 rings (SSSR count). The van der Waals surface area contributed by atoms with Crippen LogP contribution < -0.4 is 0 Å². The minimum absolute atomic E-state index is 0.00784. The molecule has 2 bridgehead atoms. The van der Waals surface area contributed by atoms with Gasteiger partial charge in [-0.3, -0.25) is 0 Å². The van der Waals surface area contributed by atoms with Crippen molar-refractivity contribution in [1.82, 2.24) is 0 Å². The van der Waals surface area contributed by atoms with Crippen molar-refractivity contribution < 1.29 is 10.2 Å². The van der Waals surface area contributed by atoms with Crippen molar-refractivity contribution in [1.29, 1.82) is 0 Å². The first-order valence-electron chi connectivity index (χ1n) is 19.7. The second-order valence-electron chi connectivity index (χ2n) is 15.6. The lowest BCUT2D eigenvalue weighted by Gasteiger charge is -2.52. The fourth-order valence-corrected chi connectivity index (χ4v) is 9.98. The van der Waals surface area contributed by atoms with Crippen LogP contribution in [-0.2, 0) is 0 Å². The maximum atomic E-state index is 10.2. The average molecular weight is 725 g/mol. The molecular weight excluding hydrogens is 681 g/mol. The zero-order valence-electron chi connectivity index (χ0n) is 31.6. The Morgan fingerprint density at radius 2 is 0.982 bits per heavy atom. The SMILES string of the molecule is C=C1/C=C\C=C/CC2c3ccccc3C2C2=C(C#Cc3ccc(O)cc3)C3C4C(=C)/C=C\C=C/CC(c5ccccc54)C3C(C#Cc3ccc(O)cc3)=C2C1C. The van der Waals surface area contributed by atoms with Crippen LogP contribution in [0.3, 0.4) is 0 Å². The van der Waals surface area contributed by atoms with E-state index in [0.717, 1.165) is 46.3 Å². The number of phenols is 2. The van der Waals surface area contributed by atoms with E-state index in [4.69, 9.17) is 13.2 Å². The van der Waals surface area contributed by atoms with Gasteiger partial charge < -0.3 is 10.2 Å². The molecule has 7 atom stereocenters. The fraction of sp³-hybridized carbons (Fsp3) is 0.185. The lowest BCUT2D eigenvalue weighted by molar-refractivity contribution is 0.305. The predicted octanol–water partition coefficient (Wildman–Crippen LogP) is 11.9. The van der Waals surface area contributed by atoms with E-state index in [0.29, 0.717) is 0 Å². The lowest BCUT2D eigenvalue weighted by Crippen LogP contribution is -2.41. The summed E-state index contributed by atoms with van der Waals surface area (Å²) >= 11 is 0. The van der Waals surface area contributed by atoms with Crippen molar-refractivity contribution in [3.05, 3.63) is 226 Å². The van der Waals surface area contributed by atoms with E-state index >= 15 is 0 Å². The van der Waals surface area contributed by atoms with Gasteiger partial charge in [-0.1, -0.05) is 141 Å². The maximum Gasteiger partial charge on any atom is 0.115 e. The quantitative estimate of drug-likeness (QED) is 0.177. The molecule has 0 aliphatic heterocycles. The second kappa shape index (κ2) is 14.6. The molecule has 4 aromatic rings. The molecule has 0 fully saturated rings. The number of phenolic OH excluding ortho intramolecular Hbond substituents is 2. The number of aromatic hydroxyl groups is 2. The largest absolute Gasteiger partial charge is 0.508 e. The van der Waals surface area contributed by atoms with E-state index in [1.165, 1.54) is 33.4 Å². The third kappa shape index (κ3) is 6.13. The Bertz CT molecular complexity index is 2580. The highest BCUT2D eigenvalue weighted by Gasteiger charge is 2.53. The van der Waals surface area contributed by atoms with Crippen molar-refractivity contribution in [2.24, 2.45) is 17.8 Å². The topological polar surface area (TPSA) is 40.5 Å². The molecule has 0 spiro atoms. The van der Waals surface area contributed by atoms with Crippen LogP contribution in [0.5, 0.6) is 11.5 Å². The summed E-state index contributed by atoms with van der Waals surface area (Å²) in [7, 11) is 0. The Morgan fingerprint density at radius 3 is 1.57 bits per heavy atom. The van der Waals surface area contributed by atoms with Crippen molar-refractivity contribution in [2.75, 3.05) is 0 Å². The molecule has 2 nitrogen and oxygen atoms in total. The summed E-state index contributed by atoms with van der Waals surface area (Å²) in [6.45, 7) is 11.8. The van der Waals surface area contributed by atoms with Gasteiger partial charge in [-0.15, -0.1) is 0 Å². The summed E-state index contributed by atoms with van der Waals surface area (Å²) in [5, 5.41) is 20.3. The lowest BCUT2D eigenvalue weighted by atomic mass is 9.50. The summed E-state index contributed by atoms with van der Waals surface area (Å²) in [5.41, 5.74) is 14.0. The third-order valence-electron chi connectivity index (χ3n) is 12.6. The predicted molar refractivity (Wildman–Crippen MR) is 228 cm³/mol. The van der Waals surface area contributed by atoms with Gasteiger partial charge in [0, 0.05) is 51.9 Å². The highest BCUT2D eigenvalue weighted by molar-refractivity contribution is 5.70. The highest BCUT2D eigenvalue weighted by Crippen LogP contribution is 2.64. The molecule has 4 aromatic carbocycles. The van der Waals surface area contributed by atoms with E-state index < -0.39 is 0 Å². The first-order valence-corrected chi connectivity index (χ1v) is 19.7. The highest BCUT2D eigenvalue weighted by atomic mass is 16.3. The Balaban J connectivity index is 1.44. The van der Waals surface area contributed by atoms with E-state index in [1.54, 1.807) is 24.3 Å². The molecule has 0 saturated heterocycles. The molecule has 5 aliphatic carbocycles. The molecule has 0 heterocycles. The molecule has 272 valence electrons. The Labute approximate surface area is 331 Å². The van der Waals surface area contributed by atoms with E-state index in [-0.39, 0.29) is 52.9 Å². The van der Waals surface area contributed by atoms with Gasteiger partial charge in [0.1, 0.15) is 11.5 Å². The third-order valence-corrected chi connectivity index (χ3v) is 12.6. The van der Waals surface area contributed by atoms with Crippen molar-refractivity contribution in [3.8, 4) is 35.2 Å². The minimum atomic E-state index is -0.0560. The number of rotatable bonds is 0. The van der Waals surface area contributed by atoms with Crippen LogP contribution >= 0.6 is 0 Å². The normalized spacial score (nSPS) is 28.1. The summed E-state index contributed by atoms with van der Waals surface area (Å²) in [5.74, 6) is 15.8. The molecular formula is C54H44O2. The van der Waals surface area contributed by atoms with Gasteiger partial charge in [0.2, 0.25) is 0 Å². The molecule has 2 heteroatoms. The molecule has 0 saturated carbocycles. The van der Waals surface area contributed by atoms with Crippen LogP contribution in [-0.4, -0.2) is 10.2 Å². The number of benzene rings is 4. The molecule has 7 unspecified atom stereocenters. The van der Waals surface area contributed by atoms with Gasteiger partial charge in [-0.05, 0) is 118 Å². The van der Waals surface area contributed by atoms with E-state index in [1.807, 2.05) is 24.3 Å². The number of hydrogen-bond acceptors (Lipinski definition) is 2.